The summed E-state index contributed by atoms with van der Waals surface area (Å²) in [4.78, 5) is 0. The van der Waals surface area contributed by atoms with E-state index in [4.69, 9.17) is 0 Å². The first kappa shape index (κ1) is 13.0. The van der Waals surface area contributed by atoms with Gasteiger partial charge in [0.1, 0.15) is 0 Å². The van der Waals surface area contributed by atoms with Crippen LogP contribution in [0, 0.1) is 10.8 Å². The number of hydrogen-bond donors (Lipinski definition) is 0. The quantitative estimate of drug-likeness (QED) is 0.506. The summed E-state index contributed by atoms with van der Waals surface area (Å²) in [6.45, 7) is 9.01. The highest BCUT2D eigenvalue weighted by atomic mass is 15.1. The third-order valence-corrected chi connectivity index (χ3v) is 3.68. The number of rotatable bonds is 2. The van der Waals surface area contributed by atoms with Crippen molar-refractivity contribution in [2.24, 2.45) is 21.1 Å². The number of azo groups is 1. The second kappa shape index (κ2) is 4.68. The van der Waals surface area contributed by atoms with Gasteiger partial charge in [-0.15, -0.1) is 0 Å². The molecule has 0 N–H and O–H groups in total. The topological polar surface area (TPSA) is 24.7 Å². The van der Waals surface area contributed by atoms with E-state index in [1.54, 1.807) is 0 Å². The molecule has 0 spiro atoms. The first-order valence-corrected chi connectivity index (χ1v) is 6.55. The fourth-order valence-corrected chi connectivity index (χ4v) is 2.80. The summed E-state index contributed by atoms with van der Waals surface area (Å²) in [6.07, 6.45) is 5.61. The van der Waals surface area contributed by atoms with Gasteiger partial charge in [0.05, 0.1) is 11.7 Å². The van der Waals surface area contributed by atoms with Gasteiger partial charge in [-0.25, -0.2) is 0 Å². The van der Waals surface area contributed by atoms with Gasteiger partial charge >= 0.3 is 0 Å². The summed E-state index contributed by atoms with van der Waals surface area (Å²) >= 11 is 0. The lowest BCUT2D eigenvalue weighted by atomic mass is 9.65. The first-order chi connectivity index (χ1) is 8.42. The van der Waals surface area contributed by atoms with E-state index in [2.05, 4.69) is 50.1 Å². The van der Waals surface area contributed by atoms with Gasteiger partial charge in [0, 0.05) is 5.41 Å². The van der Waals surface area contributed by atoms with E-state index in [0.29, 0.717) is 0 Å². The Bertz CT molecular complexity index is 455. The first-order valence-electron chi connectivity index (χ1n) is 6.55. The summed E-state index contributed by atoms with van der Waals surface area (Å²) in [5.74, 6) is 0. The molecule has 2 nitrogen and oxygen atoms in total. The van der Waals surface area contributed by atoms with E-state index in [1.165, 1.54) is 0 Å². The van der Waals surface area contributed by atoms with Crippen LogP contribution in [-0.4, -0.2) is 6.04 Å². The summed E-state index contributed by atoms with van der Waals surface area (Å²) in [5, 5.41) is 9.05. The largest absolute Gasteiger partial charge is 0.184 e. The van der Waals surface area contributed by atoms with Crippen molar-refractivity contribution in [2.75, 3.05) is 0 Å². The Kier molecular flexibility index (Phi) is 3.38. The zero-order valence-electron chi connectivity index (χ0n) is 11.7. The molecule has 0 radical (unpaired) electrons. The van der Waals surface area contributed by atoms with Crippen molar-refractivity contribution in [3.05, 3.63) is 42.5 Å². The van der Waals surface area contributed by atoms with Gasteiger partial charge in [-0.2, -0.15) is 10.2 Å². The van der Waals surface area contributed by atoms with E-state index in [9.17, 15) is 0 Å². The van der Waals surface area contributed by atoms with Gasteiger partial charge in [0.15, 0.2) is 0 Å². The monoisotopic (exact) mass is 242 g/mol. The molecule has 1 aliphatic rings. The molecule has 0 amide bonds. The Morgan fingerprint density at radius 3 is 2.33 bits per heavy atom. The molecule has 96 valence electrons. The normalized spacial score (nSPS) is 25.4. The summed E-state index contributed by atoms with van der Waals surface area (Å²) < 4.78 is 0. The van der Waals surface area contributed by atoms with Crippen LogP contribution < -0.4 is 0 Å². The van der Waals surface area contributed by atoms with Crippen LogP contribution in [0.4, 0.5) is 5.69 Å². The lowest BCUT2D eigenvalue weighted by Crippen LogP contribution is -2.41. The zero-order valence-corrected chi connectivity index (χ0v) is 11.7. The fourth-order valence-electron chi connectivity index (χ4n) is 2.80. The zero-order chi connectivity index (χ0) is 13.2. The third-order valence-electron chi connectivity index (χ3n) is 3.68. The molecule has 0 fully saturated rings. The number of allylic oxidation sites excluding steroid dienone is 1. The SMILES string of the molecule is CC1(C)C=CCC(C)(C)[C@H]1N=Nc1ccccc1. The average molecular weight is 242 g/mol. The number of hydrogen-bond acceptors (Lipinski definition) is 2. The van der Waals surface area contributed by atoms with Crippen molar-refractivity contribution in [3.8, 4) is 0 Å². The van der Waals surface area contributed by atoms with Gasteiger partial charge in [-0.05, 0) is 24.0 Å². The van der Waals surface area contributed by atoms with Crippen LogP contribution in [0.2, 0.25) is 0 Å². The molecule has 2 rings (SSSR count). The highest BCUT2D eigenvalue weighted by Gasteiger charge is 2.41. The van der Waals surface area contributed by atoms with Gasteiger partial charge in [0.25, 0.3) is 0 Å². The molecule has 2 heteroatoms. The minimum absolute atomic E-state index is 0.0695. The van der Waals surface area contributed by atoms with Crippen molar-refractivity contribution in [3.63, 3.8) is 0 Å². The van der Waals surface area contributed by atoms with E-state index in [0.717, 1.165) is 12.1 Å². The molecule has 1 aromatic carbocycles. The smallest absolute Gasteiger partial charge is 0.0852 e. The van der Waals surface area contributed by atoms with Crippen molar-refractivity contribution < 1.29 is 0 Å². The standard InChI is InChI=1S/C16H22N2/c1-15(2)11-8-12-16(3,4)14(15)18-17-13-9-6-5-7-10-13/h5-11,14H,12H2,1-4H3/t14-/m0/s1. The van der Waals surface area contributed by atoms with E-state index >= 15 is 0 Å². The average Bonchev–Trinajstić information content (AvgIpc) is 2.28. The highest BCUT2D eigenvalue weighted by molar-refractivity contribution is 5.34. The summed E-state index contributed by atoms with van der Waals surface area (Å²) in [5.41, 5.74) is 1.16. The molecule has 0 aliphatic heterocycles. The van der Waals surface area contributed by atoms with Crippen LogP contribution in [0.25, 0.3) is 0 Å². The Balaban J connectivity index is 2.26. The Hall–Kier alpha value is -1.44. The molecular formula is C16H22N2. The molecule has 0 bridgehead atoms. The van der Waals surface area contributed by atoms with Crippen LogP contribution in [0.3, 0.4) is 0 Å². The molecule has 1 aromatic rings. The minimum Gasteiger partial charge on any atom is -0.184 e. The maximum absolute atomic E-state index is 4.63. The number of nitrogens with zero attached hydrogens (tertiary/aromatic N) is 2. The van der Waals surface area contributed by atoms with Crippen LogP contribution in [-0.2, 0) is 0 Å². The van der Waals surface area contributed by atoms with Crippen LogP contribution in [0.15, 0.2) is 52.7 Å². The molecule has 1 atom stereocenters. The predicted molar refractivity (Wildman–Crippen MR) is 76.1 cm³/mol. The number of benzene rings is 1. The van der Waals surface area contributed by atoms with Gasteiger partial charge < -0.3 is 0 Å². The Labute approximate surface area is 110 Å². The maximum Gasteiger partial charge on any atom is 0.0852 e. The molecule has 0 unspecified atom stereocenters. The van der Waals surface area contributed by atoms with Crippen LogP contribution >= 0.6 is 0 Å². The molecule has 0 saturated heterocycles. The molecule has 18 heavy (non-hydrogen) atoms. The lowest BCUT2D eigenvalue weighted by Gasteiger charge is -2.42. The molecule has 1 aliphatic carbocycles. The molecule has 0 aromatic heterocycles. The third kappa shape index (κ3) is 2.69. The second-order valence-electron chi connectivity index (χ2n) is 6.37. The van der Waals surface area contributed by atoms with Crippen molar-refractivity contribution >= 4 is 5.69 Å². The molecule has 0 saturated carbocycles. The highest BCUT2D eigenvalue weighted by Crippen LogP contribution is 2.44. The summed E-state index contributed by atoms with van der Waals surface area (Å²) in [6, 6.07) is 10.2. The van der Waals surface area contributed by atoms with Crippen molar-refractivity contribution in [1.82, 2.24) is 0 Å². The van der Waals surface area contributed by atoms with E-state index in [1.807, 2.05) is 30.3 Å². The lowest BCUT2D eigenvalue weighted by molar-refractivity contribution is 0.167. The van der Waals surface area contributed by atoms with E-state index < -0.39 is 0 Å². The summed E-state index contributed by atoms with van der Waals surface area (Å²) in [7, 11) is 0. The van der Waals surface area contributed by atoms with Gasteiger partial charge in [0.2, 0.25) is 0 Å². The van der Waals surface area contributed by atoms with Gasteiger partial charge in [-0.1, -0.05) is 58.0 Å². The Morgan fingerprint density at radius 1 is 1.06 bits per heavy atom. The Morgan fingerprint density at radius 2 is 1.72 bits per heavy atom. The molecule has 0 heterocycles. The molecular weight excluding hydrogens is 220 g/mol. The minimum atomic E-state index is 0.0695. The van der Waals surface area contributed by atoms with Crippen molar-refractivity contribution in [1.29, 1.82) is 0 Å². The van der Waals surface area contributed by atoms with Crippen LogP contribution in [0.5, 0.6) is 0 Å². The maximum atomic E-state index is 4.63. The van der Waals surface area contributed by atoms with Crippen LogP contribution in [0.1, 0.15) is 34.1 Å². The predicted octanol–water partition coefficient (Wildman–Crippen LogP) is 5.15. The van der Waals surface area contributed by atoms with Gasteiger partial charge in [-0.3, -0.25) is 0 Å². The fraction of sp³-hybridized carbons (Fsp3) is 0.500. The second-order valence-corrected chi connectivity index (χ2v) is 6.37. The van der Waals surface area contributed by atoms with E-state index in [-0.39, 0.29) is 16.9 Å². The van der Waals surface area contributed by atoms with Crippen molar-refractivity contribution in [2.45, 2.75) is 40.2 Å².